The predicted octanol–water partition coefficient (Wildman–Crippen LogP) is 5.13. The Morgan fingerprint density at radius 3 is 2.81 bits per heavy atom. The summed E-state index contributed by atoms with van der Waals surface area (Å²) in [5.74, 6) is 2.22. The van der Waals surface area contributed by atoms with Gasteiger partial charge in [-0.25, -0.2) is 0 Å². The molecule has 136 valence electrons. The third-order valence-corrected chi connectivity index (χ3v) is 4.88. The van der Waals surface area contributed by atoms with Crippen molar-refractivity contribution in [3.8, 4) is 22.8 Å². The van der Waals surface area contributed by atoms with Crippen molar-refractivity contribution in [1.29, 1.82) is 0 Å². The van der Waals surface area contributed by atoms with Crippen molar-refractivity contribution in [2.24, 2.45) is 0 Å². The zero-order valence-corrected chi connectivity index (χ0v) is 15.4. The number of amides is 1. The van der Waals surface area contributed by atoms with Crippen LogP contribution in [0.15, 0.2) is 40.8 Å². The van der Waals surface area contributed by atoms with Gasteiger partial charge in [-0.3, -0.25) is 4.79 Å². The van der Waals surface area contributed by atoms with E-state index < -0.39 is 0 Å². The van der Waals surface area contributed by atoms with Gasteiger partial charge in [-0.15, -0.1) is 0 Å². The number of carbonyl (C=O) groups excluding carboxylic acids is 1. The van der Waals surface area contributed by atoms with Gasteiger partial charge in [-0.1, -0.05) is 6.08 Å². The first kappa shape index (κ1) is 16.0. The molecule has 0 saturated carbocycles. The van der Waals surface area contributed by atoms with Crippen LogP contribution in [0.2, 0.25) is 0 Å². The van der Waals surface area contributed by atoms with Gasteiger partial charge in [-0.05, 0) is 38.1 Å². The van der Waals surface area contributed by atoms with Gasteiger partial charge < -0.3 is 19.2 Å². The van der Waals surface area contributed by atoms with E-state index in [1.165, 1.54) is 6.92 Å². The lowest BCUT2D eigenvalue weighted by Crippen LogP contribution is -2.27. The molecule has 1 N–H and O–H groups in total. The number of hydrogen-bond donors (Lipinski definition) is 1. The van der Waals surface area contributed by atoms with Crippen LogP contribution in [0.4, 0.5) is 5.69 Å². The summed E-state index contributed by atoms with van der Waals surface area (Å²) in [4.78, 5) is 11.3. The molecule has 5 rings (SSSR count). The second kappa shape index (κ2) is 5.39. The van der Waals surface area contributed by atoms with Crippen LogP contribution in [0.25, 0.3) is 28.4 Å². The number of nitrogens with one attached hydrogen (secondary N) is 1. The molecule has 0 atom stereocenters. The molecule has 5 heteroatoms. The van der Waals surface area contributed by atoms with Crippen LogP contribution in [-0.2, 0) is 11.4 Å². The van der Waals surface area contributed by atoms with Gasteiger partial charge in [0, 0.05) is 41.3 Å². The molecule has 2 aliphatic rings. The number of ether oxygens (including phenoxy) is 2. The average Bonchev–Trinajstić information content (AvgIpc) is 2.96. The Kier molecular flexibility index (Phi) is 3.20. The standard InChI is InChI=1S/C22H19NO4/c1-12(24)23-14-4-5-15-19(9-14)25-11-17-16-8-13-6-7-22(2,3)27-18(13)10-20(16)26-21(15)17/h4-10H,11H2,1-3H3,(H,23,24). The maximum atomic E-state index is 11.3. The fraction of sp³-hybridized carbons (Fsp3) is 0.227. The van der Waals surface area contributed by atoms with Crippen LogP contribution in [0.1, 0.15) is 31.9 Å². The van der Waals surface area contributed by atoms with Crippen molar-refractivity contribution in [1.82, 2.24) is 0 Å². The van der Waals surface area contributed by atoms with E-state index in [0.29, 0.717) is 18.0 Å². The van der Waals surface area contributed by atoms with Gasteiger partial charge in [-0.2, -0.15) is 0 Å². The maximum Gasteiger partial charge on any atom is 0.221 e. The summed E-state index contributed by atoms with van der Waals surface area (Å²) < 4.78 is 18.2. The molecule has 0 saturated heterocycles. The Balaban J connectivity index is 1.63. The molecule has 2 aliphatic heterocycles. The number of carbonyl (C=O) groups is 1. The van der Waals surface area contributed by atoms with E-state index in [1.807, 2.05) is 38.1 Å². The van der Waals surface area contributed by atoms with Gasteiger partial charge in [0.1, 0.15) is 35.1 Å². The molecule has 0 spiro atoms. The van der Waals surface area contributed by atoms with E-state index in [-0.39, 0.29) is 11.5 Å². The van der Waals surface area contributed by atoms with Crippen LogP contribution in [0.3, 0.4) is 0 Å². The SMILES string of the molecule is CC(=O)Nc1ccc2c(c1)OCc1c-2oc2cc3c(cc12)C=CC(C)(C)O3. The highest BCUT2D eigenvalue weighted by Crippen LogP contribution is 2.45. The summed E-state index contributed by atoms with van der Waals surface area (Å²) in [6.07, 6.45) is 4.15. The summed E-state index contributed by atoms with van der Waals surface area (Å²) in [6.45, 7) is 5.96. The molecule has 0 aliphatic carbocycles. The molecule has 1 amide bonds. The first-order chi connectivity index (χ1) is 12.9. The lowest BCUT2D eigenvalue weighted by molar-refractivity contribution is -0.114. The fourth-order valence-electron chi connectivity index (χ4n) is 3.64. The monoisotopic (exact) mass is 361 g/mol. The number of benzene rings is 2. The number of anilines is 1. The molecule has 3 aromatic rings. The highest BCUT2D eigenvalue weighted by Gasteiger charge is 2.27. The van der Waals surface area contributed by atoms with E-state index in [9.17, 15) is 4.79 Å². The summed E-state index contributed by atoms with van der Waals surface area (Å²) in [6, 6.07) is 9.65. The van der Waals surface area contributed by atoms with E-state index >= 15 is 0 Å². The Bertz CT molecular complexity index is 1140. The van der Waals surface area contributed by atoms with Crippen molar-refractivity contribution in [2.75, 3.05) is 5.32 Å². The Labute approximate surface area is 156 Å². The largest absolute Gasteiger partial charge is 0.488 e. The van der Waals surface area contributed by atoms with Crippen LogP contribution >= 0.6 is 0 Å². The van der Waals surface area contributed by atoms with Crippen molar-refractivity contribution in [3.63, 3.8) is 0 Å². The number of fused-ring (bicyclic) bond motifs is 6. The number of hydrogen-bond acceptors (Lipinski definition) is 4. The highest BCUT2D eigenvalue weighted by molar-refractivity contribution is 5.94. The first-order valence-corrected chi connectivity index (χ1v) is 8.92. The first-order valence-electron chi connectivity index (χ1n) is 8.92. The van der Waals surface area contributed by atoms with Crippen LogP contribution in [-0.4, -0.2) is 11.5 Å². The second-order valence-electron chi connectivity index (χ2n) is 7.52. The Hall–Kier alpha value is -3.21. The van der Waals surface area contributed by atoms with Crippen molar-refractivity contribution >= 4 is 28.6 Å². The summed E-state index contributed by atoms with van der Waals surface area (Å²) in [7, 11) is 0. The predicted molar refractivity (Wildman–Crippen MR) is 104 cm³/mol. The minimum Gasteiger partial charge on any atom is -0.488 e. The van der Waals surface area contributed by atoms with Gasteiger partial charge in [0.2, 0.25) is 5.91 Å². The van der Waals surface area contributed by atoms with Crippen LogP contribution < -0.4 is 14.8 Å². The molecule has 0 radical (unpaired) electrons. The Morgan fingerprint density at radius 1 is 1.15 bits per heavy atom. The lowest BCUT2D eigenvalue weighted by atomic mass is 9.98. The van der Waals surface area contributed by atoms with E-state index in [2.05, 4.69) is 23.5 Å². The normalized spacial score (nSPS) is 16.0. The molecule has 0 fully saturated rings. The fourth-order valence-corrected chi connectivity index (χ4v) is 3.64. The minimum atomic E-state index is -0.331. The Morgan fingerprint density at radius 2 is 2.00 bits per heavy atom. The molecule has 0 bridgehead atoms. The molecule has 0 unspecified atom stereocenters. The van der Waals surface area contributed by atoms with E-state index in [0.717, 1.165) is 39.2 Å². The highest BCUT2D eigenvalue weighted by atomic mass is 16.5. The van der Waals surface area contributed by atoms with Crippen molar-refractivity contribution in [2.45, 2.75) is 33.0 Å². The molecule has 3 heterocycles. The smallest absolute Gasteiger partial charge is 0.221 e. The summed E-state index contributed by atoms with van der Waals surface area (Å²) >= 11 is 0. The molecule has 1 aromatic heterocycles. The molecule has 2 aromatic carbocycles. The van der Waals surface area contributed by atoms with Gasteiger partial charge in [0.05, 0.1) is 5.56 Å². The number of furan rings is 1. The average molecular weight is 361 g/mol. The number of rotatable bonds is 1. The van der Waals surface area contributed by atoms with Gasteiger partial charge >= 0.3 is 0 Å². The maximum absolute atomic E-state index is 11.3. The van der Waals surface area contributed by atoms with Crippen LogP contribution in [0.5, 0.6) is 11.5 Å². The third kappa shape index (κ3) is 2.58. The van der Waals surface area contributed by atoms with Crippen LogP contribution in [0, 0.1) is 0 Å². The van der Waals surface area contributed by atoms with E-state index in [1.54, 1.807) is 0 Å². The topological polar surface area (TPSA) is 60.7 Å². The van der Waals surface area contributed by atoms with Crippen molar-refractivity contribution in [3.05, 3.63) is 47.5 Å². The quantitative estimate of drug-likeness (QED) is 0.652. The zero-order valence-electron chi connectivity index (χ0n) is 15.4. The molecule has 5 nitrogen and oxygen atoms in total. The lowest BCUT2D eigenvalue weighted by Gasteiger charge is -2.27. The van der Waals surface area contributed by atoms with Crippen molar-refractivity contribution < 1.29 is 18.7 Å². The summed E-state index contributed by atoms with van der Waals surface area (Å²) in [5, 5.41) is 3.81. The molecule has 27 heavy (non-hydrogen) atoms. The zero-order chi connectivity index (χ0) is 18.8. The summed E-state index contributed by atoms with van der Waals surface area (Å²) in [5.41, 5.74) is 4.12. The molecular weight excluding hydrogens is 342 g/mol. The van der Waals surface area contributed by atoms with Gasteiger partial charge in [0.15, 0.2) is 0 Å². The second-order valence-corrected chi connectivity index (χ2v) is 7.52. The minimum absolute atomic E-state index is 0.114. The van der Waals surface area contributed by atoms with E-state index in [4.69, 9.17) is 13.9 Å². The van der Waals surface area contributed by atoms with Gasteiger partial charge in [0.25, 0.3) is 0 Å². The third-order valence-electron chi connectivity index (χ3n) is 4.88. The molecular formula is C22H19NO4.